The van der Waals surface area contributed by atoms with Crippen molar-refractivity contribution < 1.29 is 18.7 Å². The summed E-state index contributed by atoms with van der Waals surface area (Å²) in [6, 6.07) is 19.6. The monoisotopic (exact) mass is 517 g/mol. The van der Waals surface area contributed by atoms with Crippen LogP contribution in [0.25, 0.3) is 0 Å². The van der Waals surface area contributed by atoms with Gasteiger partial charge in [-0.3, -0.25) is 9.59 Å². The van der Waals surface area contributed by atoms with Crippen LogP contribution in [0.3, 0.4) is 0 Å². The van der Waals surface area contributed by atoms with Crippen molar-refractivity contribution in [2.75, 3.05) is 13.2 Å². The number of carbonyl (C=O) groups is 2. The summed E-state index contributed by atoms with van der Waals surface area (Å²) in [6.45, 7) is 8.63. The van der Waals surface area contributed by atoms with Gasteiger partial charge in [0.2, 0.25) is 11.8 Å². The molecule has 2 heterocycles. The fraction of sp³-hybridized carbons (Fsp3) is 0.387. The number of pyridine rings is 1. The number of benzene rings is 2. The summed E-state index contributed by atoms with van der Waals surface area (Å²) in [5.74, 6) is 0.216. The van der Waals surface area contributed by atoms with E-state index in [1.54, 1.807) is 12.1 Å². The minimum absolute atomic E-state index is 0.0485. The van der Waals surface area contributed by atoms with Gasteiger partial charge >= 0.3 is 0 Å². The van der Waals surface area contributed by atoms with Crippen molar-refractivity contribution >= 4 is 11.8 Å². The van der Waals surface area contributed by atoms with Crippen molar-refractivity contribution in [1.82, 2.24) is 15.2 Å². The molecular formula is C31H36FN3O3. The van der Waals surface area contributed by atoms with Crippen LogP contribution in [0.15, 0.2) is 72.9 Å². The first-order chi connectivity index (χ1) is 18.2. The maximum atomic E-state index is 14.6. The molecule has 3 atom stereocenters. The number of aromatic nitrogens is 1. The van der Waals surface area contributed by atoms with Gasteiger partial charge in [0.05, 0.1) is 19.2 Å². The van der Waals surface area contributed by atoms with E-state index in [1.165, 1.54) is 16.7 Å². The molecular weight excluding hydrogens is 481 g/mol. The van der Waals surface area contributed by atoms with Gasteiger partial charge in [-0.15, -0.1) is 0 Å². The minimum Gasteiger partial charge on any atom is -0.477 e. The van der Waals surface area contributed by atoms with Crippen LogP contribution in [0, 0.1) is 5.92 Å². The predicted molar refractivity (Wildman–Crippen MR) is 146 cm³/mol. The molecule has 2 amide bonds. The van der Waals surface area contributed by atoms with Crippen molar-refractivity contribution in [3.8, 4) is 5.88 Å². The molecule has 0 aliphatic carbocycles. The molecule has 0 radical (unpaired) electrons. The summed E-state index contributed by atoms with van der Waals surface area (Å²) in [5.41, 5.74) is 3.35. The van der Waals surface area contributed by atoms with Gasteiger partial charge < -0.3 is 15.0 Å². The lowest BCUT2D eigenvalue weighted by atomic mass is 9.95. The molecule has 4 rings (SSSR count). The molecule has 200 valence electrons. The lowest BCUT2D eigenvalue weighted by molar-refractivity contribution is -0.125. The number of hydrogen-bond acceptors (Lipinski definition) is 4. The zero-order valence-corrected chi connectivity index (χ0v) is 22.4. The van der Waals surface area contributed by atoms with Crippen LogP contribution in [0.4, 0.5) is 4.39 Å². The molecule has 2 aromatic carbocycles. The van der Waals surface area contributed by atoms with Crippen molar-refractivity contribution in [2.45, 2.75) is 58.3 Å². The third kappa shape index (κ3) is 6.57. The molecule has 1 N–H and O–H groups in total. The van der Waals surface area contributed by atoms with Crippen LogP contribution in [-0.2, 0) is 4.79 Å². The standard InChI is InChI=1S/C31H36FN3O3/c1-20(2)19-38-28-16-25(14-15-33-28)31(37)35-18-26(32)17-27(35)30(36)34-29(23-8-6-5-7-9-23)24-12-10-22(11-13-24)21(3)4/h5-16,20-21,26-27,29H,17-19H2,1-4H3,(H,34,36)/t26-,27-,29-/m0/s1. The van der Waals surface area contributed by atoms with Crippen molar-refractivity contribution in [1.29, 1.82) is 0 Å². The molecule has 1 saturated heterocycles. The molecule has 1 aromatic heterocycles. The van der Waals surface area contributed by atoms with Gasteiger partial charge in [-0.05, 0) is 34.6 Å². The normalized spacial score (nSPS) is 18.0. The zero-order valence-electron chi connectivity index (χ0n) is 22.4. The Hall–Kier alpha value is -3.74. The highest BCUT2D eigenvalue weighted by molar-refractivity contribution is 5.98. The fourth-order valence-corrected chi connectivity index (χ4v) is 4.61. The maximum absolute atomic E-state index is 14.6. The highest BCUT2D eigenvalue weighted by atomic mass is 19.1. The van der Waals surface area contributed by atoms with E-state index in [4.69, 9.17) is 4.74 Å². The molecule has 3 aromatic rings. The van der Waals surface area contributed by atoms with Crippen molar-refractivity contribution in [3.05, 3.63) is 95.2 Å². The molecule has 1 aliphatic heterocycles. The number of carbonyl (C=O) groups excluding carboxylic acids is 2. The molecule has 1 fully saturated rings. The number of rotatable bonds is 9. The van der Waals surface area contributed by atoms with E-state index in [0.29, 0.717) is 29.9 Å². The Balaban J connectivity index is 1.56. The molecule has 0 spiro atoms. The number of likely N-dealkylation sites (tertiary alicyclic amines) is 1. The van der Waals surface area contributed by atoms with E-state index >= 15 is 0 Å². The number of nitrogens with one attached hydrogen (secondary N) is 1. The lowest BCUT2D eigenvalue weighted by Crippen LogP contribution is -2.47. The summed E-state index contributed by atoms with van der Waals surface area (Å²) in [5, 5.41) is 3.10. The number of hydrogen-bond donors (Lipinski definition) is 1. The van der Waals surface area contributed by atoms with Gasteiger partial charge in [-0.25, -0.2) is 9.37 Å². The van der Waals surface area contributed by atoms with Crippen molar-refractivity contribution in [3.63, 3.8) is 0 Å². The predicted octanol–water partition coefficient (Wildman–Crippen LogP) is 5.70. The van der Waals surface area contributed by atoms with Crippen LogP contribution in [0.5, 0.6) is 5.88 Å². The van der Waals surface area contributed by atoms with E-state index in [1.807, 2.05) is 56.3 Å². The Kier molecular flexibility index (Phi) is 8.77. The molecule has 38 heavy (non-hydrogen) atoms. The summed E-state index contributed by atoms with van der Waals surface area (Å²) in [7, 11) is 0. The Morgan fingerprint density at radius 2 is 1.66 bits per heavy atom. The smallest absolute Gasteiger partial charge is 0.254 e. The Labute approximate surface area is 224 Å². The van der Waals surface area contributed by atoms with Gasteiger partial charge in [-0.2, -0.15) is 0 Å². The Morgan fingerprint density at radius 3 is 2.32 bits per heavy atom. The molecule has 6 nitrogen and oxygen atoms in total. The van der Waals surface area contributed by atoms with Crippen LogP contribution >= 0.6 is 0 Å². The maximum Gasteiger partial charge on any atom is 0.254 e. The largest absolute Gasteiger partial charge is 0.477 e. The van der Waals surface area contributed by atoms with Crippen LogP contribution in [0.2, 0.25) is 0 Å². The summed E-state index contributed by atoms with van der Waals surface area (Å²) >= 11 is 0. The third-order valence-electron chi connectivity index (χ3n) is 6.72. The first-order valence-electron chi connectivity index (χ1n) is 13.2. The van der Waals surface area contributed by atoms with Crippen LogP contribution < -0.4 is 10.1 Å². The second kappa shape index (κ2) is 12.2. The number of ether oxygens (including phenoxy) is 1. The van der Waals surface area contributed by atoms with Gasteiger partial charge in [-0.1, -0.05) is 82.3 Å². The van der Waals surface area contributed by atoms with E-state index in [-0.39, 0.29) is 18.9 Å². The number of alkyl halides is 1. The number of nitrogens with zero attached hydrogens (tertiary/aromatic N) is 2. The minimum atomic E-state index is -1.28. The van der Waals surface area contributed by atoms with E-state index in [0.717, 1.165) is 11.1 Å². The summed E-state index contributed by atoms with van der Waals surface area (Å²) in [4.78, 5) is 32.5. The SMILES string of the molecule is CC(C)COc1cc(C(=O)N2C[C@@H](F)C[C@H]2C(=O)N[C@@H](c2ccccc2)c2ccc(C(C)C)cc2)ccn1. The molecule has 0 saturated carbocycles. The summed E-state index contributed by atoms with van der Waals surface area (Å²) in [6.07, 6.45) is 0.161. The highest BCUT2D eigenvalue weighted by Gasteiger charge is 2.41. The Bertz CT molecular complexity index is 1230. The second-order valence-corrected chi connectivity index (χ2v) is 10.6. The van der Waals surface area contributed by atoms with Gasteiger partial charge in [0, 0.05) is 24.2 Å². The molecule has 7 heteroatoms. The zero-order chi connectivity index (χ0) is 27.2. The molecule has 0 bridgehead atoms. The average Bonchev–Trinajstić information content (AvgIpc) is 3.32. The first-order valence-corrected chi connectivity index (χ1v) is 13.2. The lowest BCUT2D eigenvalue weighted by Gasteiger charge is -2.27. The average molecular weight is 518 g/mol. The molecule has 0 unspecified atom stereocenters. The quantitative estimate of drug-likeness (QED) is 0.395. The van der Waals surface area contributed by atoms with Gasteiger partial charge in [0.15, 0.2) is 0 Å². The Morgan fingerprint density at radius 1 is 1.00 bits per heavy atom. The second-order valence-electron chi connectivity index (χ2n) is 10.6. The van der Waals surface area contributed by atoms with Crippen LogP contribution in [0.1, 0.15) is 73.1 Å². The van der Waals surface area contributed by atoms with Crippen LogP contribution in [-0.4, -0.2) is 47.1 Å². The molecule has 1 aliphatic rings. The van der Waals surface area contributed by atoms with Crippen molar-refractivity contribution in [2.24, 2.45) is 5.92 Å². The fourth-order valence-electron chi connectivity index (χ4n) is 4.61. The highest BCUT2D eigenvalue weighted by Crippen LogP contribution is 2.28. The van der Waals surface area contributed by atoms with Gasteiger partial charge in [0.25, 0.3) is 5.91 Å². The number of halogens is 1. The summed E-state index contributed by atoms with van der Waals surface area (Å²) < 4.78 is 20.3. The third-order valence-corrected chi connectivity index (χ3v) is 6.72. The van der Waals surface area contributed by atoms with E-state index in [9.17, 15) is 14.0 Å². The first kappa shape index (κ1) is 27.3. The van der Waals surface area contributed by atoms with Gasteiger partial charge in [0.1, 0.15) is 12.2 Å². The number of amides is 2. The van der Waals surface area contributed by atoms with E-state index < -0.39 is 24.2 Å². The topological polar surface area (TPSA) is 71.5 Å². The van der Waals surface area contributed by atoms with E-state index in [2.05, 4.69) is 36.3 Å².